The van der Waals surface area contributed by atoms with Crippen LogP contribution in [0.1, 0.15) is 26.1 Å². The second-order valence-electron chi connectivity index (χ2n) is 4.58. The predicted octanol–water partition coefficient (Wildman–Crippen LogP) is 4.51. The number of halogens is 2. The molecule has 0 amide bonds. The van der Waals surface area contributed by atoms with Crippen LogP contribution in [-0.4, -0.2) is 16.5 Å². The highest BCUT2D eigenvalue weighted by Gasteiger charge is 2.07. The zero-order valence-electron chi connectivity index (χ0n) is 12.1. The third kappa shape index (κ3) is 4.39. The van der Waals surface area contributed by atoms with E-state index in [9.17, 15) is 4.39 Å². The van der Waals surface area contributed by atoms with Crippen molar-refractivity contribution >= 4 is 33.3 Å². The fourth-order valence-electron chi connectivity index (χ4n) is 1.79. The second-order valence-corrected chi connectivity index (χ2v) is 5.50. The maximum atomic E-state index is 13.8. The van der Waals surface area contributed by atoms with Crippen molar-refractivity contribution in [3.05, 3.63) is 40.4 Å². The summed E-state index contributed by atoms with van der Waals surface area (Å²) in [5.74, 6) is 1.73. The van der Waals surface area contributed by atoms with Gasteiger partial charge in [-0.2, -0.15) is 0 Å². The van der Waals surface area contributed by atoms with Gasteiger partial charge in [0.2, 0.25) is 0 Å². The van der Waals surface area contributed by atoms with Gasteiger partial charge in [0.05, 0.1) is 5.69 Å². The van der Waals surface area contributed by atoms with E-state index in [0.717, 1.165) is 29.7 Å². The maximum Gasteiger partial charge on any atom is 0.146 e. The number of anilines is 3. The summed E-state index contributed by atoms with van der Waals surface area (Å²) in [7, 11) is 0. The number of aromatic nitrogens is 2. The molecular weight excluding hydrogens is 335 g/mol. The standard InChI is InChI=1S/C15H18BrFN4/c1-3-7-18-14-9-15(21-13(4-2)20-14)19-12-8-10(16)5-6-11(12)17/h5-6,8-9H,3-4,7H2,1-2H3,(H2,18,19,20,21). The average molecular weight is 353 g/mol. The minimum absolute atomic E-state index is 0.321. The third-order valence-electron chi connectivity index (χ3n) is 2.84. The Morgan fingerprint density at radius 1 is 1.14 bits per heavy atom. The van der Waals surface area contributed by atoms with Crippen LogP contribution in [-0.2, 0) is 6.42 Å². The van der Waals surface area contributed by atoms with Crippen molar-refractivity contribution < 1.29 is 4.39 Å². The summed E-state index contributed by atoms with van der Waals surface area (Å²) in [5, 5.41) is 6.24. The van der Waals surface area contributed by atoms with Gasteiger partial charge in [0.15, 0.2) is 0 Å². The molecule has 2 N–H and O–H groups in total. The lowest BCUT2D eigenvalue weighted by Gasteiger charge is -2.11. The first kappa shape index (κ1) is 15.7. The fourth-order valence-corrected chi connectivity index (χ4v) is 2.16. The Kier molecular flexibility index (Phi) is 5.50. The molecule has 0 radical (unpaired) electrons. The minimum Gasteiger partial charge on any atom is -0.370 e. The van der Waals surface area contributed by atoms with Crippen LogP contribution < -0.4 is 10.6 Å². The van der Waals surface area contributed by atoms with E-state index in [4.69, 9.17) is 0 Å². The molecule has 6 heteroatoms. The molecule has 1 aromatic heterocycles. The van der Waals surface area contributed by atoms with E-state index in [0.29, 0.717) is 17.3 Å². The first-order valence-electron chi connectivity index (χ1n) is 6.96. The second kappa shape index (κ2) is 7.36. The molecule has 0 aliphatic rings. The van der Waals surface area contributed by atoms with Crippen molar-refractivity contribution in [2.45, 2.75) is 26.7 Å². The number of nitrogens with one attached hydrogen (secondary N) is 2. The summed E-state index contributed by atoms with van der Waals surface area (Å²) >= 11 is 3.33. The lowest BCUT2D eigenvalue weighted by molar-refractivity contribution is 0.631. The summed E-state index contributed by atoms with van der Waals surface area (Å²) in [6.45, 7) is 4.91. The molecule has 0 fully saturated rings. The van der Waals surface area contributed by atoms with Gasteiger partial charge in [0.1, 0.15) is 23.3 Å². The highest BCUT2D eigenvalue weighted by molar-refractivity contribution is 9.10. The van der Waals surface area contributed by atoms with Crippen molar-refractivity contribution in [1.82, 2.24) is 9.97 Å². The molecule has 112 valence electrons. The van der Waals surface area contributed by atoms with E-state index in [2.05, 4.69) is 43.5 Å². The minimum atomic E-state index is -0.321. The Bertz CT molecular complexity index is 619. The van der Waals surface area contributed by atoms with Crippen LogP contribution in [0, 0.1) is 5.82 Å². The molecule has 21 heavy (non-hydrogen) atoms. The molecular formula is C15H18BrFN4. The quantitative estimate of drug-likeness (QED) is 0.803. The van der Waals surface area contributed by atoms with Gasteiger partial charge >= 0.3 is 0 Å². The van der Waals surface area contributed by atoms with Crippen molar-refractivity contribution in [2.24, 2.45) is 0 Å². The van der Waals surface area contributed by atoms with E-state index in [-0.39, 0.29) is 5.82 Å². The van der Waals surface area contributed by atoms with E-state index in [1.165, 1.54) is 6.07 Å². The van der Waals surface area contributed by atoms with E-state index >= 15 is 0 Å². The van der Waals surface area contributed by atoms with Crippen molar-refractivity contribution in [3.63, 3.8) is 0 Å². The lowest BCUT2D eigenvalue weighted by Crippen LogP contribution is -2.07. The van der Waals surface area contributed by atoms with Gasteiger partial charge in [0, 0.05) is 23.5 Å². The van der Waals surface area contributed by atoms with Gasteiger partial charge in [-0.3, -0.25) is 0 Å². The number of rotatable bonds is 6. The molecule has 0 atom stereocenters. The fraction of sp³-hybridized carbons (Fsp3) is 0.333. The Hall–Kier alpha value is -1.69. The summed E-state index contributed by atoms with van der Waals surface area (Å²) in [5.41, 5.74) is 0.381. The van der Waals surface area contributed by atoms with Crippen LogP contribution in [0.2, 0.25) is 0 Å². The van der Waals surface area contributed by atoms with Crippen LogP contribution in [0.25, 0.3) is 0 Å². The van der Waals surface area contributed by atoms with Gasteiger partial charge in [-0.1, -0.05) is 29.8 Å². The zero-order chi connectivity index (χ0) is 15.2. The molecule has 4 nitrogen and oxygen atoms in total. The average Bonchev–Trinajstić information content (AvgIpc) is 2.48. The molecule has 0 spiro atoms. The SMILES string of the molecule is CCCNc1cc(Nc2cc(Br)ccc2F)nc(CC)n1. The van der Waals surface area contributed by atoms with Crippen molar-refractivity contribution in [2.75, 3.05) is 17.2 Å². The van der Waals surface area contributed by atoms with Crippen LogP contribution in [0.3, 0.4) is 0 Å². The number of aryl methyl sites for hydroxylation is 1. The molecule has 0 aliphatic heterocycles. The van der Waals surface area contributed by atoms with Gasteiger partial charge in [-0.15, -0.1) is 0 Å². The van der Waals surface area contributed by atoms with Gasteiger partial charge < -0.3 is 10.6 Å². The number of nitrogens with zero attached hydrogens (tertiary/aromatic N) is 2. The molecule has 0 saturated carbocycles. The summed E-state index contributed by atoms with van der Waals surface area (Å²) in [6.07, 6.45) is 1.73. The van der Waals surface area contributed by atoms with Crippen molar-refractivity contribution in [3.8, 4) is 0 Å². The number of hydrogen-bond donors (Lipinski definition) is 2. The van der Waals surface area contributed by atoms with Gasteiger partial charge in [-0.25, -0.2) is 14.4 Å². The monoisotopic (exact) mass is 352 g/mol. The first-order valence-corrected chi connectivity index (χ1v) is 7.75. The number of benzene rings is 1. The number of hydrogen-bond acceptors (Lipinski definition) is 4. The van der Waals surface area contributed by atoms with E-state index in [1.54, 1.807) is 18.2 Å². The molecule has 2 aromatic rings. The van der Waals surface area contributed by atoms with E-state index in [1.807, 2.05) is 6.92 Å². The zero-order valence-corrected chi connectivity index (χ0v) is 13.7. The molecule has 2 rings (SSSR count). The highest BCUT2D eigenvalue weighted by atomic mass is 79.9. The van der Waals surface area contributed by atoms with Crippen LogP contribution in [0.15, 0.2) is 28.7 Å². The van der Waals surface area contributed by atoms with Gasteiger partial charge in [-0.05, 0) is 24.6 Å². The normalized spacial score (nSPS) is 10.5. The Balaban J connectivity index is 2.27. The molecule has 0 aliphatic carbocycles. The topological polar surface area (TPSA) is 49.8 Å². The Labute approximate surface area is 132 Å². The Morgan fingerprint density at radius 2 is 1.90 bits per heavy atom. The summed E-state index contributed by atoms with van der Waals surface area (Å²) in [4.78, 5) is 8.79. The third-order valence-corrected chi connectivity index (χ3v) is 3.33. The largest absolute Gasteiger partial charge is 0.370 e. The maximum absolute atomic E-state index is 13.8. The summed E-state index contributed by atoms with van der Waals surface area (Å²) in [6, 6.07) is 6.54. The van der Waals surface area contributed by atoms with Crippen LogP contribution in [0.4, 0.5) is 21.7 Å². The van der Waals surface area contributed by atoms with E-state index < -0.39 is 0 Å². The highest BCUT2D eigenvalue weighted by Crippen LogP contribution is 2.24. The van der Waals surface area contributed by atoms with Gasteiger partial charge in [0.25, 0.3) is 0 Å². The molecule has 1 aromatic carbocycles. The molecule has 0 unspecified atom stereocenters. The van der Waals surface area contributed by atoms with Crippen LogP contribution >= 0.6 is 15.9 Å². The van der Waals surface area contributed by atoms with Crippen LogP contribution in [0.5, 0.6) is 0 Å². The lowest BCUT2D eigenvalue weighted by atomic mass is 10.3. The summed E-state index contributed by atoms with van der Waals surface area (Å²) < 4.78 is 14.6. The molecule has 0 bridgehead atoms. The van der Waals surface area contributed by atoms with Crippen molar-refractivity contribution in [1.29, 1.82) is 0 Å². The first-order chi connectivity index (χ1) is 10.1. The smallest absolute Gasteiger partial charge is 0.146 e. The molecule has 0 saturated heterocycles. The Morgan fingerprint density at radius 3 is 2.62 bits per heavy atom. The predicted molar refractivity (Wildman–Crippen MR) is 87.6 cm³/mol. The molecule has 1 heterocycles.